The summed E-state index contributed by atoms with van der Waals surface area (Å²) in [6, 6.07) is 7.68. The molecule has 0 spiro atoms. The smallest absolute Gasteiger partial charge is 0.361 e. The first-order valence-electron chi connectivity index (χ1n) is 9.05. The minimum Gasteiger partial charge on any atom is -0.493 e. The molecule has 0 saturated carbocycles. The molecule has 2 aromatic carbocycles. The first kappa shape index (κ1) is 23.2. The Labute approximate surface area is 192 Å². The number of hydrogen-bond donors (Lipinski definition) is 2. The molecule has 3 aromatic rings. The Morgan fingerprint density at radius 1 is 1.09 bits per heavy atom. The second-order valence-electron chi connectivity index (χ2n) is 6.34. The molecule has 10 nitrogen and oxygen atoms in total. The van der Waals surface area contributed by atoms with Gasteiger partial charge in [0, 0.05) is 17.6 Å². The van der Waals surface area contributed by atoms with Crippen molar-refractivity contribution in [1.82, 2.24) is 14.8 Å². The van der Waals surface area contributed by atoms with Crippen molar-refractivity contribution >= 4 is 40.6 Å². The molecule has 0 fully saturated rings. The minimum absolute atomic E-state index is 0.0151. The van der Waals surface area contributed by atoms with E-state index >= 15 is 0 Å². The fourth-order valence-electron chi connectivity index (χ4n) is 2.83. The van der Waals surface area contributed by atoms with Gasteiger partial charge in [-0.3, -0.25) is 9.48 Å². The van der Waals surface area contributed by atoms with Crippen LogP contribution in [-0.2, 0) is 7.05 Å². The lowest BCUT2D eigenvalue weighted by atomic mass is 10.1. The standard InChI is InChI=1S/C20H19Cl2N5O5/c1-27-18(17(24-20(29)26-27)23-13-6-5-11(21)9-12(13)22)25-19(28)10-7-14(30-2)16(32-4)15(8-10)31-3/h5-9H,1-4H3,(H2,23,24,26,29). The topological polar surface area (TPSA) is 120 Å². The second-order valence-corrected chi connectivity index (χ2v) is 7.18. The van der Waals surface area contributed by atoms with E-state index in [4.69, 9.17) is 37.4 Å². The molecule has 0 aliphatic carbocycles. The van der Waals surface area contributed by atoms with Crippen LogP contribution in [0.2, 0.25) is 10.0 Å². The number of nitrogens with zero attached hydrogens (tertiary/aromatic N) is 3. The van der Waals surface area contributed by atoms with Gasteiger partial charge in [0.2, 0.25) is 5.75 Å². The molecule has 2 N–H and O–H groups in total. The maximum atomic E-state index is 13.0. The van der Waals surface area contributed by atoms with Gasteiger partial charge < -0.3 is 19.5 Å². The van der Waals surface area contributed by atoms with Gasteiger partial charge in [-0.05, 0) is 30.3 Å². The van der Waals surface area contributed by atoms with Crippen molar-refractivity contribution in [3.05, 3.63) is 61.9 Å². The van der Waals surface area contributed by atoms with Gasteiger partial charge in [0.05, 0.1) is 32.0 Å². The normalized spacial score (nSPS) is 11.2. The lowest BCUT2D eigenvalue weighted by molar-refractivity contribution is 0.0996. The molecular formula is C20H19Cl2N5O5. The Morgan fingerprint density at radius 3 is 2.31 bits per heavy atom. The number of methoxy groups -OCH3 is 3. The second kappa shape index (κ2) is 9.75. The molecule has 3 rings (SSSR count). The third kappa shape index (κ3) is 4.87. The Bertz CT molecular complexity index is 1280. The van der Waals surface area contributed by atoms with Crippen LogP contribution in [0.5, 0.6) is 17.2 Å². The van der Waals surface area contributed by atoms with Crippen LogP contribution in [0.4, 0.5) is 11.5 Å². The van der Waals surface area contributed by atoms with Crippen LogP contribution in [0.15, 0.2) is 40.1 Å². The third-order valence-electron chi connectivity index (χ3n) is 4.31. The number of amides is 1. The summed E-state index contributed by atoms with van der Waals surface area (Å²) in [6.45, 7) is 0. The number of carbonyl (C=O) groups is 1. The largest absolute Gasteiger partial charge is 0.493 e. The van der Waals surface area contributed by atoms with Crippen LogP contribution in [-0.4, -0.2) is 42.0 Å². The van der Waals surface area contributed by atoms with Crippen molar-refractivity contribution < 1.29 is 19.0 Å². The summed E-state index contributed by atoms with van der Waals surface area (Å²) in [6.07, 6.45) is 0. The summed E-state index contributed by atoms with van der Waals surface area (Å²) in [5.74, 6) is 0.295. The SMILES string of the molecule is COc1cc(C(=O)N=c2c(Nc3ccc(Cl)cc3Cl)nc(=O)[nH]n2C)cc(OC)c1OC. The van der Waals surface area contributed by atoms with Gasteiger partial charge in [0.15, 0.2) is 22.8 Å². The zero-order valence-electron chi connectivity index (χ0n) is 17.5. The van der Waals surface area contributed by atoms with Crippen LogP contribution in [0.1, 0.15) is 10.4 Å². The van der Waals surface area contributed by atoms with Gasteiger partial charge in [-0.1, -0.05) is 23.2 Å². The van der Waals surface area contributed by atoms with E-state index in [1.165, 1.54) is 51.3 Å². The summed E-state index contributed by atoms with van der Waals surface area (Å²) >= 11 is 12.1. The maximum absolute atomic E-state index is 13.0. The quantitative estimate of drug-likeness (QED) is 0.557. The monoisotopic (exact) mass is 479 g/mol. The number of aryl methyl sites for hydroxylation is 1. The van der Waals surface area contributed by atoms with Gasteiger partial charge in [-0.15, -0.1) is 0 Å². The number of hydrogen-bond acceptors (Lipinski definition) is 7. The van der Waals surface area contributed by atoms with E-state index in [2.05, 4.69) is 20.4 Å². The zero-order valence-corrected chi connectivity index (χ0v) is 19.0. The number of aromatic nitrogens is 3. The molecule has 0 bridgehead atoms. The van der Waals surface area contributed by atoms with Gasteiger partial charge in [-0.25, -0.2) is 9.89 Å². The number of ether oxygens (including phenoxy) is 3. The van der Waals surface area contributed by atoms with Crippen molar-refractivity contribution in [3.63, 3.8) is 0 Å². The number of anilines is 2. The Hall–Kier alpha value is -3.50. The highest BCUT2D eigenvalue weighted by Crippen LogP contribution is 2.38. The van der Waals surface area contributed by atoms with E-state index in [9.17, 15) is 9.59 Å². The number of halogens is 2. The number of carbonyl (C=O) groups excluding carboxylic acids is 1. The lowest BCUT2D eigenvalue weighted by Gasteiger charge is -2.13. The van der Waals surface area contributed by atoms with Crippen LogP contribution in [0, 0.1) is 0 Å². The minimum atomic E-state index is -0.653. The molecule has 1 heterocycles. The van der Waals surface area contributed by atoms with Gasteiger partial charge >= 0.3 is 5.69 Å². The summed E-state index contributed by atoms with van der Waals surface area (Å²) in [7, 11) is 5.84. The number of benzene rings is 2. The van der Waals surface area contributed by atoms with Crippen molar-refractivity contribution in [3.8, 4) is 17.2 Å². The van der Waals surface area contributed by atoms with Gasteiger partial charge in [0.1, 0.15) is 0 Å². The van der Waals surface area contributed by atoms with Crippen molar-refractivity contribution in [2.45, 2.75) is 0 Å². The van der Waals surface area contributed by atoms with E-state index in [0.717, 1.165) is 0 Å². The molecule has 0 atom stereocenters. The maximum Gasteiger partial charge on any atom is 0.361 e. The fourth-order valence-corrected chi connectivity index (χ4v) is 3.28. The molecular weight excluding hydrogens is 461 g/mol. The Balaban J connectivity index is 2.12. The molecule has 0 radical (unpaired) electrons. The van der Waals surface area contributed by atoms with E-state index in [1.54, 1.807) is 12.1 Å². The number of nitrogens with one attached hydrogen (secondary N) is 2. The van der Waals surface area contributed by atoms with E-state index in [0.29, 0.717) is 33.0 Å². The first-order valence-corrected chi connectivity index (χ1v) is 9.81. The predicted molar refractivity (Wildman–Crippen MR) is 120 cm³/mol. The third-order valence-corrected chi connectivity index (χ3v) is 4.86. The molecule has 0 unspecified atom stereocenters. The summed E-state index contributed by atoms with van der Waals surface area (Å²) in [5.41, 5.74) is -0.0133. The van der Waals surface area contributed by atoms with Crippen LogP contribution >= 0.6 is 23.2 Å². The van der Waals surface area contributed by atoms with Crippen molar-refractivity contribution in [1.29, 1.82) is 0 Å². The van der Waals surface area contributed by atoms with Crippen LogP contribution in [0.3, 0.4) is 0 Å². The van der Waals surface area contributed by atoms with Gasteiger partial charge in [0.25, 0.3) is 5.91 Å². The number of rotatable bonds is 6. The summed E-state index contributed by atoms with van der Waals surface area (Å²) < 4.78 is 17.1. The van der Waals surface area contributed by atoms with Crippen molar-refractivity contribution in [2.75, 3.05) is 26.6 Å². The highest BCUT2D eigenvalue weighted by molar-refractivity contribution is 6.36. The average molecular weight is 480 g/mol. The van der Waals surface area contributed by atoms with Crippen molar-refractivity contribution in [2.24, 2.45) is 12.0 Å². The van der Waals surface area contributed by atoms with Gasteiger partial charge in [-0.2, -0.15) is 9.98 Å². The fraction of sp³-hybridized carbons (Fsp3) is 0.200. The zero-order chi connectivity index (χ0) is 23.4. The molecule has 32 heavy (non-hydrogen) atoms. The lowest BCUT2D eigenvalue weighted by Crippen LogP contribution is -2.33. The molecule has 0 saturated heterocycles. The molecule has 168 valence electrons. The predicted octanol–water partition coefficient (Wildman–Crippen LogP) is 2.93. The van der Waals surface area contributed by atoms with Crippen LogP contribution < -0.4 is 30.7 Å². The Kier molecular flexibility index (Phi) is 7.06. The number of aromatic amines is 1. The molecule has 1 aromatic heterocycles. The molecule has 1 amide bonds. The van der Waals surface area contributed by atoms with Crippen LogP contribution in [0.25, 0.3) is 0 Å². The molecule has 12 heteroatoms. The molecule has 0 aliphatic rings. The summed E-state index contributed by atoms with van der Waals surface area (Å²) in [4.78, 5) is 32.9. The van der Waals surface area contributed by atoms with E-state index < -0.39 is 11.6 Å². The molecule has 0 aliphatic heterocycles. The first-order chi connectivity index (χ1) is 15.3. The highest BCUT2D eigenvalue weighted by Gasteiger charge is 2.17. The Morgan fingerprint density at radius 2 is 1.75 bits per heavy atom. The average Bonchev–Trinajstić information content (AvgIpc) is 2.76. The summed E-state index contributed by atoms with van der Waals surface area (Å²) in [5, 5.41) is 6.09. The van der Waals surface area contributed by atoms with E-state index in [1.807, 2.05) is 0 Å². The van der Waals surface area contributed by atoms with E-state index in [-0.39, 0.29) is 16.9 Å². The highest BCUT2D eigenvalue weighted by atomic mass is 35.5. The number of H-pyrrole nitrogens is 1.